The van der Waals surface area contributed by atoms with Crippen molar-refractivity contribution < 1.29 is 41.8 Å². The number of benzene rings is 3. The minimum absolute atomic E-state index is 0.0142. The number of ether oxygens (including phenoxy) is 1. The van der Waals surface area contributed by atoms with Crippen LogP contribution in [0.1, 0.15) is 87.4 Å². The monoisotopic (exact) mass is 758 g/mol. The van der Waals surface area contributed by atoms with Gasteiger partial charge in [-0.3, -0.25) is 14.3 Å². The zero-order chi connectivity index (χ0) is 38.5. The van der Waals surface area contributed by atoms with Gasteiger partial charge >= 0.3 is 5.97 Å². The number of hydrogen-bond donors (Lipinski definition) is 1. The molecule has 4 aliphatic rings. The van der Waals surface area contributed by atoms with E-state index in [9.17, 15) is 37.1 Å². The quantitative estimate of drug-likeness (QED) is 0.165. The number of hydrogen-bond acceptors (Lipinski definition) is 5. The van der Waals surface area contributed by atoms with Gasteiger partial charge in [-0.05, 0) is 78.1 Å². The molecule has 2 amide bonds. The molecule has 3 heterocycles. The van der Waals surface area contributed by atoms with Crippen LogP contribution < -0.4 is 0 Å². The zero-order valence-electron chi connectivity index (χ0n) is 30.2. The summed E-state index contributed by atoms with van der Waals surface area (Å²) in [6, 6.07) is 17.3. The van der Waals surface area contributed by atoms with Crippen molar-refractivity contribution in [1.82, 2.24) is 19.6 Å². The summed E-state index contributed by atoms with van der Waals surface area (Å²) >= 11 is 0. The summed E-state index contributed by atoms with van der Waals surface area (Å²) < 4.78 is 62.8. The summed E-state index contributed by atoms with van der Waals surface area (Å²) in [5, 5.41) is 14.6. The van der Waals surface area contributed by atoms with E-state index in [1.54, 1.807) is 58.2 Å². The van der Waals surface area contributed by atoms with Crippen molar-refractivity contribution in [3.63, 3.8) is 0 Å². The molecule has 55 heavy (non-hydrogen) atoms. The van der Waals surface area contributed by atoms with Gasteiger partial charge in [0.25, 0.3) is 5.91 Å². The lowest BCUT2D eigenvalue weighted by Gasteiger charge is -2.52. The van der Waals surface area contributed by atoms with Gasteiger partial charge in [-0.1, -0.05) is 42.5 Å². The third kappa shape index (κ3) is 7.26. The van der Waals surface area contributed by atoms with Crippen LogP contribution in [0.25, 0.3) is 0 Å². The number of aromatic carboxylic acids is 1. The van der Waals surface area contributed by atoms with Gasteiger partial charge in [0.1, 0.15) is 11.6 Å². The maximum atomic E-state index is 13.9. The number of nitrogens with zero attached hydrogens (tertiary/aromatic N) is 4. The summed E-state index contributed by atoms with van der Waals surface area (Å²) in [7, 11) is 0. The molecule has 8 rings (SSSR count). The van der Waals surface area contributed by atoms with Crippen molar-refractivity contribution in [2.75, 3.05) is 32.8 Å². The Labute approximate surface area is 315 Å². The molecule has 0 radical (unpaired) electrons. The van der Waals surface area contributed by atoms with Gasteiger partial charge in [-0.2, -0.15) is 5.10 Å². The maximum absolute atomic E-state index is 13.9. The van der Waals surface area contributed by atoms with E-state index in [-0.39, 0.29) is 79.7 Å². The van der Waals surface area contributed by atoms with Gasteiger partial charge in [-0.25, -0.2) is 22.4 Å². The van der Waals surface area contributed by atoms with Crippen molar-refractivity contribution in [3.8, 4) is 0 Å². The molecule has 3 aromatic carbocycles. The highest BCUT2D eigenvalue weighted by molar-refractivity contribution is 5.95. The van der Waals surface area contributed by atoms with Crippen LogP contribution in [0.5, 0.6) is 0 Å². The highest BCUT2D eigenvalue weighted by atomic mass is 19.3. The Morgan fingerprint density at radius 2 is 1.51 bits per heavy atom. The third-order valence-electron chi connectivity index (χ3n) is 12.2. The highest BCUT2D eigenvalue weighted by Gasteiger charge is 2.61. The smallest absolute Gasteiger partial charge is 0.336 e. The first-order valence-electron chi connectivity index (χ1n) is 18.8. The minimum Gasteiger partial charge on any atom is -0.478 e. The summed E-state index contributed by atoms with van der Waals surface area (Å²) in [6.45, 7) is 2.04. The minimum atomic E-state index is -2.74. The van der Waals surface area contributed by atoms with E-state index in [0.29, 0.717) is 62.3 Å². The van der Waals surface area contributed by atoms with E-state index in [1.165, 1.54) is 30.5 Å². The number of halogens is 4. The van der Waals surface area contributed by atoms with Crippen LogP contribution in [-0.4, -0.2) is 81.2 Å². The number of carbonyl (C=O) groups is 3. The first-order chi connectivity index (χ1) is 26.3. The lowest BCUT2D eigenvalue weighted by molar-refractivity contribution is -0.149. The Bertz CT molecular complexity index is 2080. The molecule has 4 aromatic rings. The number of alkyl halides is 2. The Morgan fingerprint density at radius 3 is 2.16 bits per heavy atom. The molecule has 9 nitrogen and oxygen atoms in total. The normalized spacial score (nSPS) is 21.1. The first-order valence-corrected chi connectivity index (χ1v) is 18.8. The zero-order valence-corrected chi connectivity index (χ0v) is 30.2. The largest absolute Gasteiger partial charge is 0.478 e. The van der Waals surface area contributed by atoms with E-state index in [2.05, 4.69) is 5.10 Å². The standard InChI is InChI=1S/C42H42F4N4O5/c43-33-8-4-27(5-9-33)19-50-20-30(18-47-50)37(51)48-21-32(40(24-48)25-49(26-40)39(54)41(16-17-41)31-6-10-34(44)11-7-31)23-55-22-29-2-1-3-35(36(29)38(52)53)28-12-14-42(45,46)15-13-28/h1-11,18,20,28,32H,12-17,19,21-26H2,(H,52,53)/t32-/m0/s1. The Balaban J connectivity index is 0.985. The van der Waals surface area contributed by atoms with Crippen molar-refractivity contribution in [3.05, 3.63) is 124 Å². The molecule has 1 N–H and O–H groups in total. The van der Waals surface area contributed by atoms with E-state index in [1.807, 2.05) is 4.90 Å². The molecule has 1 spiro atoms. The fraction of sp³-hybridized carbons (Fsp3) is 0.429. The molecule has 0 bridgehead atoms. The molecule has 2 aliphatic heterocycles. The SMILES string of the molecule is O=C(O)c1c(COC[C@@H]2CN(C(=O)c3cnn(Cc4ccc(F)cc4)c3)CC23CN(C(=O)C2(c4ccc(F)cc4)CC2)C3)cccc1C1CCC(F)(F)CC1. The Morgan fingerprint density at radius 1 is 0.855 bits per heavy atom. The van der Waals surface area contributed by atoms with Crippen molar-refractivity contribution in [2.45, 2.75) is 68.9 Å². The lowest BCUT2D eigenvalue weighted by atomic mass is 9.71. The number of amides is 2. The Kier molecular flexibility index (Phi) is 9.55. The third-order valence-corrected chi connectivity index (χ3v) is 12.2. The van der Waals surface area contributed by atoms with E-state index >= 15 is 0 Å². The molecule has 2 saturated heterocycles. The molecule has 2 saturated carbocycles. The molecule has 2 aliphatic carbocycles. The molecular formula is C42H42F4N4O5. The van der Waals surface area contributed by atoms with Crippen molar-refractivity contribution >= 4 is 17.8 Å². The fourth-order valence-corrected chi connectivity index (χ4v) is 8.98. The molecule has 4 fully saturated rings. The van der Waals surface area contributed by atoms with Gasteiger partial charge in [0.2, 0.25) is 11.8 Å². The predicted octanol–water partition coefficient (Wildman–Crippen LogP) is 7.05. The van der Waals surface area contributed by atoms with Crippen LogP contribution in [-0.2, 0) is 28.1 Å². The van der Waals surface area contributed by atoms with Crippen LogP contribution in [0.2, 0.25) is 0 Å². The number of carboxylic acids is 1. The van der Waals surface area contributed by atoms with Crippen molar-refractivity contribution in [1.29, 1.82) is 0 Å². The number of carboxylic acid groups (broad SMARTS) is 1. The van der Waals surface area contributed by atoms with Crippen LogP contribution >= 0.6 is 0 Å². The van der Waals surface area contributed by atoms with Crippen LogP contribution in [0.4, 0.5) is 17.6 Å². The molecule has 1 aromatic heterocycles. The summed E-state index contributed by atoms with van der Waals surface area (Å²) in [5.74, 6) is -5.29. The topological polar surface area (TPSA) is 105 Å². The molecule has 1 atom stereocenters. The van der Waals surface area contributed by atoms with Crippen LogP contribution in [0.3, 0.4) is 0 Å². The van der Waals surface area contributed by atoms with E-state index in [4.69, 9.17) is 4.74 Å². The lowest BCUT2D eigenvalue weighted by Crippen LogP contribution is -2.64. The molecular weight excluding hydrogens is 716 g/mol. The second kappa shape index (κ2) is 14.2. The number of carbonyl (C=O) groups excluding carboxylic acids is 2. The molecule has 288 valence electrons. The predicted molar refractivity (Wildman–Crippen MR) is 193 cm³/mol. The van der Waals surface area contributed by atoms with Crippen molar-refractivity contribution in [2.24, 2.45) is 11.3 Å². The summed E-state index contributed by atoms with van der Waals surface area (Å²) in [4.78, 5) is 44.0. The average Bonchev–Trinajstić information content (AvgIpc) is 3.67. The second-order valence-electron chi connectivity index (χ2n) is 15.9. The average molecular weight is 759 g/mol. The van der Waals surface area contributed by atoms with Crippen LogP contribution in [0, 0.1) is 23.0 Å². The highest BCUT2D eigenvalue weighted by Crippen LogP contribution is 2.53. The number of rotatable bonds is 11. The van der Waals surface area contributed by atoms with Crippen LogP contribution in [0.15, 0.2) is 79.1 Å². The van der Waals surface area contributed by atoms with Gasteiger partial charge in [0.15, 0.2) is 0 Å². The maximum Gasteiger partial charge on any atom is 0.336 e. The van der Waals surface area contributed by atoms with E-state index in [0.717, 1.165) is 11.1 Å². The Hall–Kier alpha value is -5.04. The molecule has 13 heteroatoms. The molecule has 0 unspecified atom stereocenters. The first kappa shape index (κ1) is 36.9. The number of likely N-dealkylation sites (tertiary alicyclic amines) is 2. The second-order valence-corrected chi connectivity index (χ2v) is 15.9. The number of aromatic nitrogens is 2. The van der Waals surface area contributed by atoms with E-state index < -0.39 is 22.7 Å². The fourth-order valence-electron chi connectivity index (χ4n) is 8.98. The van der Waals surface area contributed by atoms with Gasteiger partial charge < -0.3 is 19.6 Å². The summed E-state index contributed by atoms with van der Waals surface area (Å²) in [5.41, 5.74) is 1.94. The van der Waals surface area contributed by atoms with Gasteiger partial charge in [-0.15, -0.1) is 0 Å². The van der Waals surface area contributed by atoms with Gasteiger partial charge in [0, 0.05) is 56.6 Å². The summed E-state index contributed by atoms with van der Waals surface area (Å²) in [6.07, 6.45) is 4.36. The van der Waals surface area contributed by atoms with Gasteiger partial charge in [0.05, 0.1) is 42.5 Å².